The van der Waals surface area contributed by atoms with Crippen molar-refractivity contribution < 1.29 is 43.5 Å². The standard InChI is InChI=1S/C42H58N2O9/c1-7-35-25(2)17-19-41(53-35)23-32-22-31(52-41)16-15-27(4)37(49-20-18-29-12-8-9-14-34(29)44-40(47)43-6)26(3)11-10-13-30-24-50-38-36(45)28(5)21-33(39(46)51-32)42(30,38)48/h8-15,21,25-26,31-33,35-38,45,48H,7,16-20,22-24H2,1-6H3,(H2,43,44,47)/b11-10+,27-15+,30-13+/t25-,26-,31+,32-,33-,35+,36+,37+,38+,41+,42+/m0/s1. The van der Waals surface area contributed by atoms with Gasteiger partial charge in [-0.3, -0.25) is 4.79 Å². The molecule has 11 nitrogen and oxygen atoms in total. The van der Waals surface area contributed by atoms with Crippen molar-refractivity contribution in [1.29, 1.82) is 0 Å². The summed E-state index contributed by atoms with van der Waals surface area (Å²) in [6, 6.07) is 7.40. The highest BCUT2D eigenvalue weighted by molar-refractivity contribution is 5.89. The molecule has 1 spiro atoms. The van der Waals surface area contributed by atoms with E-state index in [2.05, 4.69) is 44.4 Å². The van der Waals surface area contributed by atoms with Crippen LogP contribution >= 0.6 is 0 Å². The van der Waals surface area contributed by atoms with Crippen LogP contribution in [-0.2, 0) is 34.9 Å². The van der Waals surface area contributed by atoms with E-state index in [9.17, 15) is 19.8 Å². The number of nitrogens with one attached hydrogen (secondary N) is 2. The summed E-state index contributed by atoms with van der Waals surface area (Å²) in [5, 5.41) is 28.9. The minimum atomic E-state index is -1.78. The largest absolute Gasteiger partial charge is 0.462 e. The van der Waals surface area contributed by atoms with E-state index >= 15 is 0 Å². The number of hydrogen-bond acceptors (Lipinski definition) is 9. The smallest absolute Gasteiger partial charge is 0.318 e. The van der Waals surface area contributed by atoms with Crippen LogP contribution in [-0.4, -0.2) is 90.5 Å². The van der Waals surface area contributed by atoms with Crippen molar-refractivity contribution in [2.45, 2.75) is 128 Å². The number of rotatable bonds is 6. The Morgan fingerprint density at radius 1 is 1.11 bits per heavy atom. The van der Waals surface area contributed by atoms with Crippen LogP contribution in [0.15, 0.2) is 71.4 Å². The number of allylic oxidation sites excluding steroid dienone is 2. The SMILES string of the molecule is CC[C@H]1O[C@]2(CC[C@@H]1C)C[C@@H]1C[C@@H](C/C=C(\C)[C@H](OCCc3ccccc3NC(=O)NC)[C@@H](C)/C=C/C=C3\CO[C@@H]4[C@H](O)C(C)=C[C@@H](C(=O)O1)[C@]34O)O2. The Balaban J connectivity index is 1.32. The van der Waals surface area contributed by atoms with E-state index in [1.165, 1.54) is 0 Å². The van der Waals surface area contributed by atoms with E-state index in [-0.39, 0.29) is 36.9 Å². The van der Waals surface area contributed by atoms with Crippen LogP contribution in [0.3, 0.4) is 0 Å². The van der Waals surface area contributed by atoms with Crippen molar-refractivity contribution in [1.82, 2.24) is 5.32 Å². The molecule has 5 aliphatic rings. The fourth-order valence-corrected chi connectivity index (χ4v) is 8.79. The maximum Gasteiger partial charge on any atom is 0.318 e. The first-order valence-corrected chi connectivity index (χ1v) is 19.4. The van der Waals surface area contributed by atoms with Gasteiger partial charge < -0.3 is 44.5 Å². The Kier molecular flexibility index (Phi) is 12.3. The summed E-state index contributed by atoms with van der Waals surface area (Å²) in [6.07, 6.45) is 10.9. The number of carbonyl (C=O) groups excluding carboxylic acids is 2. The molecule has 1 aromatic rings. The number of aliphatic hydroxyl groups is 2. The van der Waals surface area contributed by atoms with Gasteiger partial charge in [0.2, 0.25) is 0 Å². The lowest BCUT2D eigenvalue weighted by Crippen LogP contribution is -2.58. The fourth-order valence-electron chi connectivity index (χ4n) is 8.79. The molecule has 0 saturated carbocycles. The first-order valence-electron chi connectivity index (χ1n) is 19.4. The van der Waals surface area contributed by atoms with Crippen LogP contribution < -0.4 is 10.6 Å². The number of ether oxygens (including phenoxy) is 5. The lowest BCUT2D eigenvalue weighted by Gasteiger charge is -2.50. The predicted molar refractivity (Wildman–Crippen MR) is 201 cm³/mol. The predicted octanol–water partition coefficient (Wildman–Crippen LogP) is 5.91. The molecule has 0 aromatic heterocycles. The van der Waals surface area contributed by atoms with Gasteiger partial charge in [-0.2, -0.15) is 0 Å². The lowest BCUT2D eigenvalue weighted by molar-refractivity contribution is -0.335. The molecular formula is C42H58N2O9. The minimum Gasteiger partial charge on any atom is -0.462 e. The van der Waals surface area contributed by atoms with Gasteiger partial charge in [-0.15, -0.1) is 0 Å². The second kappa shape index (κ2) is 16.6. The Labute approximate surface area is 313 Å². The van der Waals surface area contributed by atoms with Crippen LogP contribution in [0.2, 0.25) is 0 Å². The van der Waals surface area contributed by atoms with Gasteiger partial charge in [0.05, 0.1) is 31.5 Å². The maximum absolute atomic E-state index is 14.2. The van der Waals surface area contributed by atoms with Crippen LogP contribution in [0.1, 0.15) is 78.7 Å². The summed E-state index contributed by atoms with van der Waals surface area (Å²) >= 11 is 0. The third-order valence-corrected chi connectivity index (χ3v) is 11.9. The molecular weight excluding hydrogens is 676 g/mol. The summed E-state index contributed by atoms with van der Waals surface area (Å²) in [5.41, 5.74) is 2.02. The second-order valence-electron chi connectivity index (χ2n) is 15.6. The molecule has 290 valence electrons. The Hall–Kier alpha value is -3.32. The van der Waals surface area contributed by atoms with E-state index < -0.39 is 41.6 Å². The molecule has 6 rings (SSSR count). The van der Waals surface area contributed by atoms with E-state index in [1.807, 2.05) is 36.4 Å². The summed E-state index contributed by atoms with van der Waals surface area (Å²) in [7, 11) is 1.58. The number of aliphatic hydroxyl groups excluding tert-OH is 1. The zero-order valence-electron chi connectivity index (χ0n) is 32.0. The normalized spacial score (nSPS) is 40.1. The highest BCUT2D eigenvalue weighted by Crippen LogP contribution is 2.47. The number of carbonyl (C=O) groups is 2. The lowest BCUT2D eigenvalue weighted by atomic mass is 9.71. The summed E-state index contributed by atoms with van der Waals surface area (Å²) in [6.45, 7) is 10.7. The highest BCUT2D eigenvalue weighted by atomic mass is 16.7. The zero-order chi connectivity index (χ0) is 37.9. The number of fused-ring (bicyclic) bond motifs is 2. The first kappa shape index (κ1) is 39.4. The number of para-hydroxylation sites is 1. The third-order valence-electron chi connectivity index (χ3n) is 11.9. The maximum atomic E-state index is 14.2. The van der Waals surface area contributed by atoms with E-state index in [0.717, 1.165) is 29.7 Å². The number of amides is 2. The zero-order valence-corrected chi connectivity index (χ0v) is 32.0. The number of benzene rings is 1. The number of esters is 1. The van der Waals surface area contributed by atoms with Crippen molar-refractivity contribution in [3.63, 3.8) is 0 Å². The first-order chi connectivity index (χ1) is 25.4. The van der Waals surface area contributed by atoms with Gasteiger partial charge in [0.1, 0.15) is 29.8 Å². The van der Waals surface area contributed by atoms with Gasteiger partial charge in [-0.1, -0.05) is 69.4 Å². The van der Waals surface area contributed by atoms with Crippen LogP contribution in [0.5, 0.6) is 0 Å². The highest BCUT2D eigenvalue weighted by Gasteiger charge is 2.60. The fraction of sp³-hybridized carbons (Fsp3) is 0.619. The second-order valence-corrected chi connectivity index (χ2v) is 15.6. The number of urea groups is 1. The van der Waals surface area contributed by atoms with Crippen molar-refractivity contribution in [2.75, 3.05) is 25.6 Å². The molecule has 11 atom stereocenters. The topological polar surface area (TPSA) is 145 Å². The van der Waals surface area contributed by atoms with E-state index in [4.69, 9.17) is 23.7 Å². The summed E-state index contributed by atoms with van der Waals surface area (Å²) in [4.78, 5) is 26.2. The molecule has 3 saturated heterocycles. The molecule has 2 amide bonds. The number of hydrogen-bond donors (Lipinski definition) is 4. The minimum absolute atomic E-state index is 0.0336. The monoisotopic (exact) mass is 734 g/mol. The quantitative estimate of drug-likeness (QED) is 0.207. The number of anilines is 1. The van der Waals surface area contributed by atoms with Crippen LogP contribution in [0.25, 0.3) is 0 Å². The molecule has 3 fully saturated rings. The average molecular weight is 735 g/mol. The van der Waals surface area contributed by atoms with Gasteiger partial charge >= 0.3 is 12.0 Å². The van der Waals surface area contributed by atoms with Gasteiger partial charge in [-0.25, -0.2) is 4.79 Å². The van der Waals surface area contributed by atoms with Gasteiger partial charge in [-0.05, 0) is 73.8 Å². The van der Waals surface area contributed by atoms with Gasteiger partial charge in [0, 0.05) is 37.9 Å². The van der Waals surface area contributed by atoms with Crippen LogP contribution in [0.4, 0.5) is 10.5 Å². The van der Waals surface area contributed by atoms with Crippen molar-refractivity contribution in [3.8, 4) is 0 Å². The molecule has 0 radical (unpaired) electrons. The third kappa shape index (κ3) is 8.35. The van der Waals surface area contributed by atoms with Crippen LogP contribution in [0, 0.1) is 17.8 Å². The van der Waals surface area contributed by atoms with Gasteiger partial charge in [0.15, 0.2) is 5.79 Å². The molecule has 0 unspecified atom stereocenters. The van der Waals surface area contributed by atoms with Crippen molar-refractivity contribution >= 4 is 17.7 Å². The van der Waals surface area contributed by atoms with Crippen molar-refractivity contribution in [3.05, 3.63) is 76.9 Å². The van der Waals surface area contributed by atoms with E-state index in [1.54, 1.807) is 26.1 Å². The summed E-state index contributed by atoms with van der Waals surface area (Å²) < 4.78 is 32.5. The van der Waals surface area contributed by atoms with Crippen molar-refractivity contribution in [2.24, 2.45) is 17.8 Å². The van der Waals surface area contributed by atoms with E-state index in [0.29, 0.717) is 55.8 Å². The molecule has 2 bridgehead atoms. The Bertz CT molecular complexity index is 1620. The Morgan fingerprint density at radius 2 is 1.91 bits per heavy atom. The Morgan fingerprint density at radius 3 is 2.68 bits per heavy atom. The van der Waals surface area contributed by atoms with Gasteiger partial charge in [0.25, 0.3) is 0 Å². The molecule has 4 heterocycles. The molecule has 1 aromatic carbocycles. The molecule has 53 heavy (non-hydrogen) atoms. The molecule has 1 aliphatic carbocycles. The average Bonchev–Trinajstić information content (AvgIpc) is 3.48. The molecule has 4 aliphatic heterocycles. The molecule has 11 heteroatoms. The molecule has 4 N–H and O–H groups in total. The summed E-state index contributed by atoms with van der Waals surface area (Å²) in [5.74, 6) is -2.18.